The van der Waals surface area contributed by atoms with Crippen molar-refractivity contribution in [3.63, 3.8) is 0 Å². The lowest BCUT2D eigenvalue weighted by atomic mass is 9.81. The summed E-state index contributed by atoms with van der Waals surface area (Å²) in [5.41, 5.74) is 5.93. The van der Waals surface area contributed by atoms with Crippen molar-refractivity contribution < 1.29 is 29.1 Å². The number of carbonyl (C=O) groups is 2. The molecule has 1 aromatic carbocycles. The summed E-state index contributed by atoms with van der Waals surface area (Å²) in [6, 6.07) is 4.13. The Kier molecular flexibility index (Phi) is 9.89. The summed E-state index contributed by atoms with van der Waals surface area (Å²) in [6.07, 6.45) is 2.43. The molecule has 1 atom stereocenters. The van der Waals surface area contributed by atoms with Crippen LogP contribution >= 0.6 is 0 Å². The Labute approximate surface area is 188 Å². The van der Waals surface area contributed by atoms with E-state index in [2.05, 4.69) is 10.2 Å². The molecule has 0 aliphatic carbocycles. The van der Waals surface area contributed by atoms with Crippen molar-refractivity contribution in [3.8, 4) is 0 Å². The Morgan fingerprint density at radius 1 is 1.12 bits per heavy atom. The van der Waals surface area contributed by atoms with Crippen molar-refractivity contribution in [3.05, 3.63) is 29.6 Å². The molecule has 6 N–H and O–H groups in total. The summed E-state index contributed by atoms with van der Waals surface area (Å²) >= 11 is 0. The monoisotopic (exact) mass is 452 g/mol. The fourth-order valence-electron chi connectivity index (χ4n) is 3.91. The van der Waals surface area contributed by atoms with E-state index in [9.17, 15) is 19.1 Å². The van der Waals surface area contributed by atoms with Crippen LogP contribution in [0.4, 0.5) is 14.9 Å². The largest absolute Gasteiger partial charge is 0.480 e. The molecule has 1 aliphatic rings. The van der Waals surface area contributed by atoms with Crippen LogP contribution in [0, 0.1) is 12.7 Å². The Hall–Kier alpha value is -2.21. The Morgan fingerprint density at radius 2 is 1.78 bits per heavy atom. The maximum absolute atomic E-state index is 13.5. The molecule has 1 aliphatic heterocycles. The summed E-state index contributed by atoms with van der Waals surface area (Å²) in [5, 5.41) is 30.0. The molecule has 1 saturated heterocycles. The van der Waals surface area contributed by atoms with Crippen LogP contribution in [0.5, 0.6) is 0 Å². The average Bonchev–Trinajstić information content (AvgIpc) is 2.70. The number of aryl methyl sites for hydroxylation is 1. The molecule has 1 unspecified atom stereocenters. The molecule has 0 spiro atoms. The van der Waals surface area contributed by atoms with Crippen LogP contribution in [0.15, 0.2) is 18.2 Å². The number of nitrogens with zero attached hydrogens (tertiary/aromatic N) is 2. The van der Waals surface area contributed by atoms with Gasteiger partial charge in [0.05, 0.1) is 0 Å². The van der Waals surface area contributed by atoms with Crippen LogP contribution in [0.1, 0.15) is 37.7 Å². The zero-order chi connectivity index (χ0) is 23.7. The number of hydrogen-bond donors (Lipinski definition) is 5. The van der Waals surface area contributed by atoms with Crippen molar-refractivity contribution in [2.75, 3.05) is 38.0 Å². The minimum absolute atomic E-state index is 0.201. The van der Waals surface area contributed by atoms with Crippen molar-refractivity contribution in [2.45, 2.75) is 50.9 Å². The number of carboxylic acid groups (broad SMARTS) is 1. The van der Waals surface area contributed by atoms with E-state index >= 15 is 0 Å². The first-order valence-corrected chi connectivity index (χ1v) is 11.0. The summed E-state index contributed by atoms with van der Waals surface area (Å²) in [6.45, 7) is 4.81. The number of rotatable bonds is 11. The van der Waals surface area contributed by atoms with E-state index in [1.54, 1.807) is 17.9 Å². The van der Waals surface area contributed by atoms with Gasteiger partial charge in [0.25, 0.3) is 0 Å². The molecule has 32 heavy (non-hydrogen) atoms. The first-order valence-electron chi connectivity index (χ1n) is 11.0. The van der Waals surface area contributed by atoms with Crippen LogP contribution in [0.3, 0.4) is 0 Å². The molecule has 178 valence electrons. The molecule has 1 aromatic rings. The summed E-state index contributed by atoms with van der Waals surface area (Å²) < 4.78 is 13.5. The number of aliphatic carboxylic acids is 1. The zero-order valence-electron chi connectivity index (χ0n) is 18.6. The fraction of sp³-hybridized carbons (Fsp3) is 0.619. The number of unbranched alkanes of at least 4 members (excludes halogenated alkanes) is 1. The predicted molar refractivity (Wildman–Crippen MR) is 121 cm³/mol. The van der Waals surface area contributed by atoms with Crippen LogP contribution in [-0.4, -0.2) is 82.3 Å². The maximum atomic E-state index is 13.5. The lowest BCUT2D eigenvalue weighted by molar-refractivity contribution is -0.144. The number of nitrogens with one attached hydrogen (secondary N) is 1. The molecule has 1 heterocycles. The SMILES string of the molecule is Cc1cc(F)cc(NC(=O)N2CCN(CCCC(N)(CCCCB(O)O)C(=O)O)CC2)c1. The third-order valence-electron chi connectivity index (χ3n) is 5.81. The third-order valence-corrected chi connectivity index (χ3v) is 5.81. The Bertz CT molecular complexity index is 756. The first kappa shape index (κ1) is 26.1. The predicted octanol–water partition coefficient (Wildman–Crippen LogP) is 1.49. The molecule has 0 aromatic heterocycles. The Balaban J connectivity index is 1.72. The number of nitrogens with two attached hydrogens (primary N) is 1. The number of anilines is 1. The number of hydrogen-bond acceptors (Lipinski definition) is 6. The average molecular weight is 452 g/mol. The summed E-state index contributed by atoms with van der Waals surface area (Å²) in [7, 11) is -1.38. The molecule has 0 saturated carbocycles. The van der Waals surface area contributed by atoms with E-state index in [1.807, 2.05) is 0 Å². The Morgan fingerprint density at radius 3 is 2.38 bits per heavy atom. The molecule has 0 bridgehead atoms. The molecule has 11 heteroatoms. The minimum Gasteiger partial charge on any atom is -0.480 e. The van der Waals surface area contributed by atoms with Gasteiger partial charge in [-0.25, -0.2) is 9.18 Å². The fourth-order valence-corrected chi connectivity index (χ4v) is 3.91. The van der Waals surface area contributed by atoms with E-state index < -0.39 is 24.4 Å². The van der Waals surface area contributed by atoms with Gasteiger partial charge in [0.15, 0.2) is 0 Å². The highest BCUT2D eigenvalue weighted by molar-refractivity contribution is 6.40. The van der Waals surface area contributed by atoms with Crippen molar-refractivity contribution in [2.24, 2.45) is 5.73 Å². The lowest BCUT2D eigenvalue weighted by Gasteiger charge is -2.35. The lowest BCUT2D eigenvalue weighted by Crippen LogP contribution is -2.51. The van der Waals surface area contributed by atoms with E-state index in [0.29, 0.717) is 64.1 Å². The summed E-state index contributed by atoms with van der Waals surface area (Å²) in [5.74, 6) is -1.44. The van der Waals surface area contributed by atoms with E-state index in [1.165, 1.54) is 12.1 Å². The van der Waals surface area contributed by atoms with Crippen molar-refractivity contribution in [1.82, 2.24) is 9.80 Å². The van der Waals surface area contributed by atoms with Crippen molar-refractivity contribution in [1.29, 1.82) is 0 Å². The molecular weight excluding hydrogens is 418 g/mol. The molecule has 9 nitrogen and oxygen atoms in total. The van der Waals surface area contributed by atoms with E-state index in [-0.39, 0.29) is 18.8 Å². The summed E-state index contributed by atoms with van der Waals surface area (Å²) in [4.78, 5) is 27.9. The topological polar surface area (TPSA) is 139 Å². The smallest absolute Gasteiger partial charge is 0.451 e. The maximum Gasteiger partial charge on any atom is 0.451 e. The van der Waals surface area contributed by atoms with Gasteiger partial charge in [0, 0.05) is 31.9 Å². The standard InChI is InChI=1S/C21H34BFN4O5/c1-16-13-17(23)15-18(14-16)25-20(30)27-11-9-26(10-12-27)8-4-6-21(24,19(28)29)5-2-3-7-22(31)32/h13-15,31-32H,2-12,24H2,1H3,(H,25,30)(H,28,29). The van der Waals surface area contributed by atoms with E-state index in [4.69, 9.17) is 15.8 Å². The highest BCUT2D eigenvalue weighted by Crippen LogP contribution is 2.20. The van der Waals surface area contributed by atoms with Gasteiger partial charge < -0.3 is 31.1 Å². The number of amides is 2. The van der Waals surface area contributed by atoms with Gasteiger partial charge in [-0.2, -0.15) is 0 Å². The van der Waals surface area contributed by atoms with Gasteiger partial charge in [0.2, 0.25) is 0 Å². The first-order chi connectivity index (χ1) is 15.1. The van der Waals surface area contributed by atoms with Crippen LogP contribution in [0.25, 0.3) is 0 Å². The second-order valence-corrected chi connectivity index (χ2v) is 8.57. The van der Waals surface area contributed by atoms with Crippen LogP contribution in [-0.2, 0) is 4.79 Å². The molecule has 2 amide bonds. The number of urea groups is 1. The van der Waals surface area contributed by atoms with Crippen molar-refractivity contribution >= 4 is 24.8 Å². The second kappa shape index (κ2) is 12.1. The van der Waals surface area contributed by atoms with Gasteiger partial charge in [-0.15, -0.1) is 0 Å². The number of carbonyl (C=O) groups excluding carboxylic acids is 1. The molecule has 2 rings (SSSR count). The molecule has 1 fully saturated rings. The quantitative estimate of drug-likeness (QED) is 0.253. The van der Waals surface area contributed by atoms with Gasteiger partial charge >= 0.3 is 19.1 Å². The van der Waals surface area contributed by atoms with Crippen LogP contribution in [0.2, 0.25) is 6.32 Å². The third kappa shape index (κ3) is 8.38. The van der Waals surface area contributed by atoms with Gasteiger partial charge in [-0.05, 0) is 62.8 Å². The number of benzene rings is 1. The van der Waals surface area contributed by atoms with Crippen LogP contribution < -0.4 is 11.1 Å². The van der Waals surface area contributed by atoms with Gasteiger partial charge in [-0.3, -0.25) is 9.69 Å². The highest BCUT2D eigenvalue weighted by atomic mass is 19.1. The minimum atomic E-state index is -1.38. The zero-order valence-corrected chi connectivity index (χ0v) is 18.6. The highest BCUT2D eigenvalue weighted by Gasteiger charge is 2.33. The number of halogens is 1. The molecular formula is C21H34BFN4O5. The normalized spacial score (nSPS) is 16.5. The van der Waals surface area contributed by atoms with Gasteiger partial charge in [0.1, 0.15) is 11.4 Å². The number of piperazine rings is 1. The second-order valence-electron chi connectivity index (χ2n) is 8.57. The van der Waals surface area contributed by atoms with E-state index in [0.717, 1.165) is 5.56 Å². The molecule has 0 radical (unpaired) electrons. The number of carboxylic acids is 1. The van der Waals surface area contributed by atoms with Gasteiger partial charge in [-0.1, -0.05) is 12.8 Å².